The summed E-state index contributed by atoms with van der Waals surface area (Å²) in [6.45, 7) is 3.91. The second-order valence-electron chi connectivity index (χ2n) is 7.36. The lowest BCUT2D eigenvalue weighted by Crippen LogP contribution is -2.30. The normalized spacial score (nSPS) is 11.5. The standard InChI is InChI=1S/C22H41NO4/c1-2-3-4-5-6-7-8-9-10-11-12-13-14-15-18-23(19-16-21(24)25)20-17-22(26)27/h7-8H,2-6,9-20H2,1H3,(H,24,25)(H,26,27)/b8-7-. The summed E-state index contributed by atoms with van der Waals surface area (Å²) in [7, 11) is 0. The lowest BCUT2D eigenvalue weighted by Gasteiger charge is -2.20. The largest absolute Gasteiger partial charge is 0.481 e. The van der Waals surface area contributed by atoms with E-state index >= 15 is 0 Å². The summed E-state index contributed by atoms with van der Waals surface area (Å²) >= 11 is 0. The topological polar surface area (TPSA) is 77.8 Å². The Labute approximate surface area is 165 Å². The molecule has 5 nitrogen and oxygen atoms in total. The van der Waals surface area contributed by atoms with Gasteiger partial charge in [-0.1, -0.05) is 64.0 Å². The zero-order valence-electron chi connectivity index (χ0n) is 17.3. The second-order valence-corrected chi connectivity index (χ2v) is 7.36. The first-order valence-electron chi connectivity index (χ1n) is 10.9. The Balaban J connectivity index is 3.56. The van der Waals surface area contributed by atoms with Gasteiger partial charge in [-0.3, -0.25) is 9.59 Å². The Bertz CT molecular complexity index is 378. The van der Waals surface area contributed by atoms with Gasteiger partial charge in [0.15, 0.2) is 0 Å². The molecule has 2 N–H and O–H groups in total. The smallest absolute Gasteiger partial charge is 0.304 e. The maximum Gasteiger partial charge on any atom is 0.304 e. The minimum absolute atomic E-state index is 0.0751. The first-order valence-corrected chi connectivity index (χ1v) is 10.9. The van der Waals surface area contributed by atoms with Crippen LogP contribution in [0, 0.1) is 0 Å². The quantitative estimate of drug-likeness (QED) is 0.214. The molecule has 5 heteroatoms. The first kappa shape index (κ1) is 25.6. The van der Waals surface area contributed by atoms with Crippen molar-refractivity contribution in [1.82, 2.24) is 4.90 Å². The Morgan fingerprint density at radius 3 is 1.59 bits per heavy atom. The minimum atomic E-state index is -0.828. The van der Waals surface area contributed by atoms with E-state index in [4.69, 9.17) is 10.2 Å². The summed E-state index contributed by atoms with van der Waals surface area (Å²) in [5.74, 6) is -1.66. The highest BCUT2D eigenvalue weighted by atomic mass is 16.4. The van der Waals surface area contributed by atoms with E-state index < -0.39 is 11.9 Å². The molecule has 0 spiro atoms. The molecule has 0 aliphatic carbocycles. The van der Waals surface area contributed by atoms with Crippen LogP contribution in [0.4, 0.5) is 0 Å². The zero-order chi connectivity index (χ0) is 20.2. The number of nitrogens with zero attached hydrogens (tertiary/aromatic N) is 1. The Morgan fingerprint density at radius 2 is 1.11 bits per heavy atom. The lowest BCUT2D eigenvalue weighted by atomic mass is 10.1. The molecular weight excluding hydrogens is 342 g/mol. The molecule has 0 saturated carbocycles. The van der Waals surface area contributed by atoms with Crippen LogP contribution in [0.3, 0.4) is 0 Å². The van der Waals surface area contributed by atoms with Crippen molar-refractivity contribution in [1.29, 1.82) is 0 Å². The Morgan fingerprint density at radius 1 is 0.667 bits per heavy atom. The van der Waals surface area contributed by atoms with E-state index in [1.807, 2.05) is 4.90 Å². The average Bonchev–Trinajstić information content (AvgIpc) is 2.63. The van der Waals surface area contributed by atoms with Gasteiger partial charge in [0, 0.05) is 13.1 Å². The molecule has 0 unspecified atom stereocenters. The van der Waals surface area contributed by atoms with Crippen LogP contribution in [-0.4, -0.2) is 46.7 Å². The highest BCUT2D eigenvalue weighted by Crippen LogP contribution is 2.10. The van der Waals surface area contributed by atoms with E-state index in [-0.39, 0.29) is 12.8 Å². The van der Waals surface area contributed by atoms with Gasteiger partial charge in [0.25, 0.3) is 0 Å². The highest BCUT2D eigenvalue weighted by molar-refractivity contribution is 5.67. The molecule has 0 amide bonds. The molecule has 0 radical (unpaired) electrons. The van der Waals surface area contributed by atoms with Crippen molar-refractivity contribution in [2.45, 2.75) is 96.8 Å². The van der Waals surface area contributed by atoms with Gasteiger partial charge in [-0.15, -0.1) is 0 Å². The van der Waals surface area contributed by atoms with Crippen LogP contribution in [0.5, 0.6) is 0 Å². The number of allylic oxidation sites excluding steroid dienone is 2. The second kappa shape index (κ2) is 19.4. The number of aliphatic carboxylic acids is 2. The number of rotatable bonds is 20. The van der Waals surface area contributed by atoms with Gasteiger partial charge in [-0.2, -0.15) is 0 Å². The zero-order valence-corrected chi connectivity index (χ0v) is 17.3. The number of carbonyl (C=O) groups is 2. The third kappa shape index (κ3) is 20.8. The van der Waals surface area contributed by atoms with Crippen LogP contribution in [0.15, 0.2) is 12.2 Å². The Kier molecular flexibility index (Phi) is 18.4. The lowest BCUT2D eigenvalue weighted by molar-refractivity contribution is -0.137. The van der Waals surface area contributed by atoms with Gasteiger partial charge < -0.3 is 15.1 Å². The number of carboxylic acid groups (broad SMARTS) is 2. The molecule has 0 aromatic rings. The van der Waals surface area contributed by atoms with Crippen LogP contribution in [0.25, 0.3) is 0 Å². The molecule has 0 heterocycles. The molecule has 0 aliphatic rings. The number of hydrogen-bond acceptors (Lipinski definition) is 3. The summed E-state index contributed by atoms with van der Waals surface area (Å²) in [4.78, 5) is 23.4. The van der Waals surface area contributed by atoms with E-state index in [0.717, 1.165) is 19.4 Å². The summed E-state index contributed by atoms with van der Waals surface area (Å²) in [5.41, 5.74) is 0. The van der Waals surface area contributed by atoms with E-state index in [2.05, 4.69) is 19.1 Å². The van der Waals surface area contributed by atoms with Crippen LogP contribution in [0.2, 0.25) is 0 Å². The predicted octanol–water partition coefficient (Wildman–Crippen LogP) is 5.50. The van der Waals surface area contributed by atoms with Gasteiger partial charge >= 0.3 is 11.9 Å². The molecule has 0 aromatic heterocycles. The molecule has 0 aromatic carbocycles. The molecule has 0 rings (SSSR count). The van der Waals surface area contributed by atoms with Gasteiger partial charge in [-0.05, 0) is 38.6 Å². The third-order valence-corrected chi connectivity index (χ3v) is 4.77. The SMILES string of the molecule is CCCCCC/C=C\CCCCCCCCN(CCC(=O)O)CCC(=O)O. The van der Waals surface area contributed by atoms with Crippen LogP contribution in [0.1, 0.15) is 96.8 Å². The summed E-state index contributed by atoms with van der Waals surface area (Å²) in [6, 6.07) is 0. The molecule has 27 heavy (non-hydrogen) atoms. The van der Waals surface area contributed by atoms with Crippen LogP contribution >= 0.6 is 0 Å². The van der Waals surface area contributed by atoms with E-state index in [1.54, 1.807) is 0 Å². The van der Waals surface area contributed by atoms with Gasteiger partial charge in [0.1, 0.15) is 0 Å². The van der Waals surface area contributed by atoms with Crippen molar-refractivity contribution in [2.24, 2.45) is 0 Å². The first-order chi connectivity index (χ1) is 13.1. The predicted molar refractivity (Wildman–Crippen MR) is 111 cm³/mol. The van der Waals surface area contributed by atoms with Crippen molar-refractivity contribution in [2.75, 3.05) is 19.6 Å². The molecule has 0 fully saturated rings. The van der Waals surface area contributed by atoms with Crippen molar-refractivity contribution in [3.05, 3.63) is 12.2 Å². The number of unbranched alkanes of at least 4 members (excludes halogenated alkanes) is 10. The van der Waals surface area contributed by atoms with Crippen molar-refractivity contribution < 1.29 is 19.8 Å². The van der Waals surface area contributed by atoms with Crippen LogP contribution < -0.4 is 0 Å². The van der Waals surface area contributed by atoms with Crippen molar-refractivity contribution in [3.63, 3.8) is 0 Å². The van der Waals surface area contributed by atoms with Gasteiger partial charge in [-0.25, -0.2) is 0 Å². The average molecular weight is 384 g/mol. The minimum Gasteiger partial charge on any atom is -0.481 e. The third-order valence-electron chi connectivity index (χ3n) is 4.77. The van der Waals surface area contributed by atoms with Crippen molar-refractivity contribution >= 4 is 11.9 Å². The number of carboxylic acids is 2. The van der Waals surface area contributed by atoms with E-state index in [1.165, 1.54) is 64.2 Å². The van der Waals surface area contributed by atoms with Crippen molar-refractivity contribution in [3.8, 4) is 0 Å². The maximum absolute atomic E-state index is 10.7. The summed E-state index contributed by atoms with van der Waals surface area (Å²) in [5, 5.41) is 17.6. The summed E-state index contributed by atoms with van der Waals surface area (Å²) < 4.78 is 0. The molecule has 0 atom stereocenters. The molecule has 0 saturated heterocycles. The van der Waals surface area contributed by atoms with Gasteiger partial charge in [0.05, 0.1) is 12.8 Å². The molecule has 158 valence electrons. The molecular formula is C22H41NO4. The number of hydrogen-bond donors (Lipinski definition) is 2. The Hall–Kier alpha value is -1.36. The molecule has 0 aliphatic heterocycles. The molecule has 0 bridgehead atoms. The highest BCUT2D eigenvalue weighted by Gasteiger charge is 2.09. The fourth-order valence-electron chi connectivity index (χ4n) is 3.07. The van der Waals surface area contributed by atoms with Crippen LogP contribution in [-0.2, 0) is 9.59 Å². The monoisotopic (exact) mass is 383 g/mol. The maximum atomic E-state index is 10.7. The fraction of sp³-hybridized carbons (Fsp3) is 0.818. The van der Waals surface area contributed by atoms with E-state index in [0.29, 0.717) is 13.1 Å². The fourth-order valence-corrected chi connectivity index (χ4v) is 3.07. The van der Waals surface area contributed by atoms with E-state index in [9.17, 15) is 9.59 Å². The summed E-state index contributed by atoms with van der Waals surface area (Å²) in [6.07, 6.45) is 19.7. The van der Waals surface area contributed by atoms with Gasteiger partial charge in [0.2, 0.25) is 0 Å².